The third kappa shape index (κ3) is 2.82. The Morgan fingerprint density at radius 1 is 1.38 bits per heavy atom. The monoisotopic (exact) mass is 215 g/mol. The molecule has 0 aliphatic carbocycles. The third-order valence-electron chi connectivity index (χ3n) is 3.03. The van der Waals surface area contributed by atoms with E-state index in [1.54, 1.807) is 0 Å². The van der Waals surface area contributed by atoms with Crippen molar-refractivity contribution < 1.29 is 0 Å². The molecule has 3 heteroatoms. The van der Waals surface area contributed by atoms with Gasteiger partial charge in [-0.25, -0.2) is 0 Å². The Kier molecular flexibility index (Phi) is 3.92. The fraction of sp³-hybridized carbons (Fsp3) is 0.462. The topological polar surface area (TPSA) is 39.1 Å². The molecule has 0 spiro atoms. The van der Waals surface area contributed by atoms with Gasteiger partial charge in [-0.2, -0.15) is 5.26 Å². The summed E-state index contributed by atoms with van der Waals surface area (Å²) < 4.78 is 0. The van der Waals surface area contributed by atoms with Crippen LogP contribution in [0.25, 0.3) is 0 Å². The van der Waals surface area contributed by atoms with Gasteiger partial charge in [0.05, 0.1) is 6.07 Å². The van der Waals surface area contributed by atoms with Crippen LogP contribution in [0.2, 0.25) is 0 Å². The summed E-state index contributed by atoms with van der Waals surface area (Å²) in [5.74, 6) is 0. The van der Waals surface area contributed by atoms with Gasteiger partial charge in [0.15, 0.2) is 0 Å². The molecule has 1 heterocycles. The standard InChI is InChI=1S/C13H17N3/c14-10-13-11-15-7-9-16(13)8-6-12-4-2-1-3-5-12/h1-5,13,15H,6-9,11H2. The Hall–Kier alpha value is -1.37. The first-order valence-electron chi connectivity index (χ1n) is 5.78. The maximum Gasteiger partial charge on any atom is 0.110 e. The smallest absolute Gasteiger partial charge is 0.110 e. The van der Waals surface area contributed by atoms with E-state index in [-0.39, 0.29) is 6.04 Å². The minimum Gasteiger partial charge on any atom is -0.313 e. The molecule has 0 saturated carbocycles. The lowest BCUT2D eigenvalue weighted by molar-refractivity contribution is 0.200. The van der Waals surface area contributed by atoms with E-state index in [0.717, 1.165) is 32.6 Å². The number of hydrogen-bond donors (Lipinski definition) is 1. The van der Waals surface area contributed by atoms with Crippen molar-refractivity contribution in [1.82, 2.24) is 10.2 Å². The summed E-state index contributed by atoms with van der Waals surface area (Å²) in [6.07, 6.45) is 1.03. The summed E-state index contributed by atoms with van der Waals surface area (Å²) in [4.78, 5) is 2.27. The summed E-state index contributed by atoms with van der Waals surface area (Å²) in [6, 6.07) is 12.8. The van der Waals surface area contributed by atoms with Crippen molar-refractivity contribution in [3.05, 3.63) is 35.9 Å². The van der Waals surface area contributed by atoms with Gasteiger partial charge in [-0.05, 0) is 12.0 Å². The number of nitrogens with zero attached hydrogens (tertiary/aromatic N) is 2. The predicted molar refractivity (Wildman–Crippen MR) is 64.0 cm³/mol. The molecule has 0 amide bonds. The summed E-state index contributed by atoms with van der Waals surface area (Å²) >= 11 is 0. The molecule has 1 saturated heterocycles. The molecule has 1 unspecified atom stereocenters. The lowest BCUT2D eigenvalue weighted by atomic mass is 10.1. The zero-order valence-corrected chi connectivity index (χ0v) is 9.39. The Morgan fingerprint density at radius 3 is 2.94 bits per heavy atom. The fourth-order valence-electron chi connectivity index (χ4n) is 2.06. The maximum atomic E-state index is 9.03. The van der Waals surface area contributed by atoms with Crippen molar-refractivity contribution in [2.45, 2.75) is 12.5 Å². The maximum absolute atomic E-state index is 9.03. The Bertz CT molecular complexity index is 355. The van der Waals surface area contributed by atoms with Crippen LogP contribution in [0.15, 0.2) is 30.3 Å². The Balaban J connectivity index is 1.87. The molecular formula is C13H17N3. The summed E-state index contributed by atoms with van der Waals surface area (Å²) in [6.45, 7) is 3.74. The van der Waals surface area contributed by atoms with E-state index < -0.39 is 0 Å². The largest absolute Gasteiger partial charge is 0.313 e. The Morgan fingerprint density at radius 2 is 2.19 bits per heavy atom. The molecule has 0 bridgehead atoms. The zero-order chi connectivity index (χ0) is 11.2. The first-order valence-corrected chi connectivity index (χ1v) is 5.78. The van der Waals surface area contributed by atoms with Gasteiger partial charge in [0.25, 0.3) is 0 Å². The van der Waals surface area contributed by atoms with Crippen molar-refractivity contribution in [3.8, 4) is 6.07 Å². The van der Waals surface area contributed by atoms with Crippen LogP contribution in [0.4, 0.5) is 0 Å². The van der Waals surface area contributed by atoms with Crippen LogP contribution in [-0.2, 0) is 6.42 Å². The highest BCUT2D eigenvalue weighted by atomic mass is 15.2. The molecule has 1 aromatic rings. The van der Waals surface area contributed by atoms with Crippen LogP contribution < -0.4 is 5.32 Å². The average molecular weight is 215 g/mol. The van der Waals surface area contributed by atoms with Crippen LogP contribution in [0.1, 0.15) is 5.56 Å². The second-order valence-electron chi connectivity index (χ2n) is 4.12. The molecule has 3 nitrogen and oxygen atoms in total. The van der Waals surface area contributed by atoms with Crippen molar-refractivity contribution in [2.24, 2.45) is 0 Å². The molecule has 16 heavy (non-hydrogen) atoms. The SMILES string of the molecule is N#CC1CNCCN1CCc1ccccc1. The third-order valence-corrected chi connectivity index (χ3v) is 3.03. The van der Waals surface area contributed by atoms with Gasteiger partial charge in [-0.3, -0.25) is 4.90 Å². The van der Waals surface area contributed by atoms with E-state index in [4.69, 9.17) is 5.26 Å². The minimum absolute atomic E-state index is 0.0393. The number of nitrogens with one attached hydrogen (secondary N) is 1. The number of benzene rings is 1. The summed E-state index contributed by atoms with van der Waals surface area (Å²) in [5, 5.41) is 12.3. The van der Waals surface area contributed by atoms with Crippen molar-refractivity contribution in [3.63, 3.8) is 0 Å². The van der Waals surface area contributed by atoms with Gasteiger partial charge in [0, 0.05) is 26.2 Å². The molecule has 0 radical (unpaired) electrons. The second-order valence-corrected chi connectivity index (χ2v) is 4.12. The van der Waals surface area contributed by atoms with E-state index in [1.165, 1.54) is 5.56 Å². The predicted octanol–water partition coefficient (Wildman–Crippen LogP) is 1.03. The number of hydrogen-bond acceptors (Lipinski definition) is 3. The van der Waals surface area contributed by atoms with E-state index >= 15 is 0 Å². The van der Waals surface area contributed by atoms with Gasteiger partial charge >= 0.3 is 0 Å². The summed E-state index contributed by atoms with van der Waals surface area (Å²) in [7, 11) is 0. The number of nitriles is 1. The van der Waals surface area contributed by atoms with Gasteiger partial charge in [-0.15, -0.1) is 0 Å². The molecule has 1 aromatic carbocycles. The molecule has 0 aromatic heterocycles. The highest BCUT2D eigenvalue weighted by Gasteiger charge is 2.20. The summed E-state index contributed by atoms with van der Waals surface area (Å²) in [5.41, 5.74) is 1.35. The minimum atomic E-state index is 0.0393. The molecule has 1 atom stereocenters. The molecule has 1 N–H and O–H groups in total. The van der Waals surface area contributed by atoms with Gasteiger partial charge in [-0.1, -0.05) is 30.3 Å². The lowest BCUT2D eigenvalue weighted by Gasteiger charge is -2.31. The molecule has 1 aliphatic rings. The van der Waals surface area contributed by atoms with Gasteiger partial charge < -0.3 is 5.32 Å². The lowest BCUT2D eigenvalue weighted by Crippen LogP contribution is -2.51. The first kappa shape index (κ1) is 11.1. The second kappa shape index (κ2) is 5.64. The van der Waals surface area contributed by atoms with Crippen molar-refractivity contribution >= 4 is 0 Å². The van der Waals surface area contributed by atoms with Crippen LogP contribution >= 0.6 is 0 Å². The van der Waals surface area contributed by atoms with E-state index in [1.807, 2.05) is 6.07 Å². The highest BCUT2D eigenvalue weighted by Crippen LogP contribution is 2.06. The zero-order valence-electron chi connectivity index (χ0n) is 9.39. The number of piperazine rings is 1. The van der Waals surface area contributed by atoms with Crippen molar-refractivity contribution in [1.29, 1.82) is 5.26 Å². The molecule has 2 rings (SSSR count). The van der Waals surface area contributed by atoms with Crippen LogP contribution in [-0.4, -0.2) is 37.1 Å². The van der Waals surface area contributed by atoms with Gasteiger partial charge in [0.2, 0.25) is 0 Å². The molecule has 84 valence electrons. The fourth-order valence-corrected chi connectivity index (χ4v) is 2.06. The van der Waals surface area contributed by atoms with E-state index in [2.05, 4.69) is 40.6 Å². The average Bonchev–Trinajstić information content (AvgIpc) is 2.38. The normalized spacial score (nSPS) is 21.6. The molecular weight excluding hydrogens is 198 g/mol. The van der Waals surface area contributed by atoms with Crippen LogP contribution in [0.5, 0.6) is 0 Å². The van der Waals surface area contributed by atoms with E-state index in [9.17, 15) is 0 Å². The quantitative estimate of drug-likeness (QED) is 0.818. The Labute approximate surface area is 96.7 Å². The van der Waals surface area contributed by atoms with Crippen LogP contribution in [0, 0.1) is 11.3 Å². The van der Waals surface area contributed by atoms with Gasteiger partial charge in [0.1, 0.15) is 6.04 Å². The van der Waals surface area contributed by atoms with Crippen molar-refractivity contribution in [2.75, 3.05) is 26.2 Å². The first-order chi connectivity index (χ1) is 7.90. The molecule has 1 aliphatic heterocycles. The molecule has 1 fully saturated rings. The number of rotatable bonds is 3. The van der Waals surface area contributed by atoms with E-state index in [0.29, 0.717) is 0 Å². The van der Waals surface area contributed by atoms with Crippen LogP contribution in [0.3, 0.4) is 0 Å². The highest BCUT2D eigenvalue weighted by molar-refractivity contribution is 5.15.